The molecule has 9 aromatic carbocycles. The molecule has 0 spiro atoms. The zero-order valence-corrected chi connectivity index (χ0v) is 34.1. The molecule has 0 aliphatic carbocycles. The minimum absolute atomic E-state index is 0.146. The molecule has 0 N–H and O–H groups in total. The summed E-state index contributed by atoms with van der Waals surface area (Å²) in [5.41, 5.74) is 18.2. The maximum atomic E-state index is 2.43. The summed E-state index contributed by atoms with van der Waals surface area (Å²) >= 11 is 0. The number of rotatable bonds is 6. The van der Waals surface area contributed by atoms with E-state index in [2.05, 4.69) is 242 Å². The van der Waals surface area contributed by atoms with Crippen molar-refractivity contribution >= 4 is 43.6 Å². The fourth-order valence-electron chi connectivity index (χ4n) is 9.55. The summed E-state index contributed by atoms with van der Waals surface area (Å²) in [6, 6.07) is 77.8. The Kier molecular flexibility index (Phi) is 8.42. The van der Waals surface area contributed by atoms with Crippen LogP contribution in [0, 0.1) is 0 Å². The Bertz CT molecular complexity index is 3150. The lowest BCUT2D eigenvalue weighted by Crippen LogP contribution is -2.14. The van der Waals surface area contributed by atoms with Gasteiger partial charge in [0, 0.05) is 32.9 Å². The lowest BCUT2D eigenvalue weighted by atomic mass is 9.77. The van der Waals surface area contributed by atoms with Gasteiger partial charge in [-0.25, -0.2) is 0 Å². The van der Waals surface area contributed by atoms with Crippen molar-refractivity contribution in [1.29, 1.82) is 0 Å². The molecule has 0 bridgehead atoms. The van der Waals surface area contributed by atoms with E-state index in [0.717, 1.165) is 11.4 Å². The highest BCUT2D eigenvalue weighted by Crippen LogP contribution is 2.44. The molecular weight excluding hydrogens is 725 g/mol. The molecule has 0 fully saturated rings. The summed E-state index contributed by atoms with van der Waals surface area (Å²) in [6.07, 6.45) is 0. The van der Waals surface area contributed by atoms with Gasteiger partial charge in [-0.15, -0.1) is 0 Å². The van der Waals surface area contributed by atoms with E-state index in [1.54, 1.807) is 0 Å². The Morgan fingerprint density at radius 2 is 0.600 bits per heavy atom. The molecule has 11 aromatic rings. The molecular formula is C58H44N2. The van der Waals surface area contributed by atoms with Crippen LogP contribution in [0.3, 0.4) is 0 Å². The molecule has 0 atom stereocenters. The van der Waals surface area contributed by atoms with E-state index in [9.17, 15) is 0 Å². The lowest BCUT2D eigenvalue weighted by Gasteiger charge is -2.27. The topological polar surface area (TPSA) is 9.86 Å². The normalized spacial score (nSPS) is 11.9. The predicted octanol–water partition coefficient (Wildman–Crippen LogP) is 15.8. The van der Waals surface area contributed by atoms with Gasteiger partial charge < -0.3 is 9.13 Å². The fraction of sp³-hybridized carbons (Fsp3) is 0.0690. The van der Waals surface area contributed by atoms with E-state index in [4.69, 9.17) is 0 Å². The van der Waals surface area contributed by atoms with Crippen LogP contribution in [0.4, 0.5) is 0 Å². The number of nitrogens with zero attached hydrogens (tertiary/aromatic N) is 2. The number of hydrogen-bond acceptors (Lipinski definition) is 0. The first-order valence-corrected chi connectivity index (χ1v) is 20.9. The van der Waals surface area contributed by atoms with Crippen LogP contribution in [0.25, 0.3) is 99.5 Å². The van der Waals surface area contributed by atoms with Gasteiger partial charge in [-0.05, 0) is 128 Å². The standard InChI is InChI=1S/C58H44N2/c1-58(2,3)57-47(43-29-33-55-51(37-43)49-35-41(39-17-8-4-9-18-39)27-31-53(49)59(55)45-21-12-6-13-22-45)25-16-26-48(57)44-30-34-56-52(38-44)50-36-42(40-19-10-5-11-20-40)28-32-54(50)60(56)46-23-14-7-15-24-46/h4-38H,1-3H3. The van der Waals surface area contributed by atoms with Crippen LogP contribution in [-0.2, 0) is 5.41 Å². The van der Waals surface area contributed by atoms with Crippen molar-refractivity contribution < 1.29 is 0 Å². The Labute approximate surface area is 351 Å². The van der Waals surface area contributed by atoms with E-state index in [-0.39, 0.29) is 5.41 Å². The average Bonchev–Trinajstić information content (AvgIpc) is 3.81. The van der Waals surface area contributed by atoms with Gasteiger partial charge in [0.2, 0.25) is 0 Å². The minimum atomic E-state index is -0.146. The number of hydrogen-bond donors (Lipinski definition) is 0. The van der Waals surface area contributed by atoms with Gasteiger partial charge in [0.05, 0.1) is 22.1 Å². The second kappa shape index (κ2) is 14.1. The van der Waals surface area contributed by atoms with Crippen molar-refractivity contribution in [1.82, 2.24) is 9.13 Å². The highest BCUT2D eigenvalue weighted by Gasteiger charge is 2.25. The van der Waals surface area contributed by atoms with Crippen LogP contribution in [-0.4, -0.2) is 9.13 Å². The Morgan fingerprint density at radius 1 is 0.283 bits per heavy atom. The van der Waals surface area contributed by atoms with Crippen LogP contribution >= 0.6 is 0 Å². The van der Waals surface area contributed by atoms with Crippen molar-refractivity contribution in [3.05, 3.63) is 218 Å². The monoisotopic (exact) mass is 768 g/mol. The Balaban J connectivity index is 1.12. The zero-order valence-electron chi connectivity index (χ0n) is 34.1. The van der Waals surface area contributed by atoms with Gasteiger partial charge in [-0.1, -0.05) is 160 Å². The molecule has 2 heteroatoms. The average molecular weight is 769 g/mol. The SMILES string of the molecule is CC(C)(C)c1c(-c2ccc3c(c2)c2cc(-c4ccccc4)ccc2n3-c2ccccc2)cccc1-c1ccc2c(c1)c1cc(-c3ccccc3)ccc1n2-c1ccccc1. The number of para-hydroxylation sites is 2. The van der Waals surface area contributed by atoms with Crippen molar-refractivity contribution in [3.63, 3.8) is 0 Å². The molecule has 0 saturated heterocycles. The summed E-state index contributed by atoms with van der Waals surface area (Å²) < 4.78 is 4.82. The summed E-state index contributed by atoms with van der Waals surface area (Å²) in [6.45, 7) is 7.06. The third-order valence-electron chi connectivity index (χ3n) is 12.2. The molecule has 0 amide bonds. The Morgan fingerprint density at radius 3 is 0.950 bits per heavy atom. The number of fused-ring (bicyclic) bond motifs is 6. The first-order chi connectivity index (χ1) is 29.4. The molecule has 0 aliphatic rings. The zero-order chi connectivity index (χ0) is 40.4. The molecule has 2 nitrogen and oxygen atoms in total. The van der Waals surface area contributed by atoms with Crippen LogP contribution < -0.4 is 0 Å². The van der Waals surface area contributed by atoms with Gasteiger partial charge >= 0.3 is 0 Å². The van der Waals surface area contributed by atoms with E-state index in [1.807, 2.05) is 0 Å². The molecule has 0 unspecified atom stereocenters. The summed E-state index contributed by atoms with van der Waals surface area (Å²) in [7, 11) is 0. The highest BCUT2D eigenvalue weighted by atomic mass is 15.0. The maximum absolute atomic E-state index is 2.43. The van der Waals surface area contributed by atoms with Gasteiger partial charge in [0.15, 0.2) is 0 Å². The molecule has 286 valence electrons. The van der Waals surface area contributed by atoms with Crippen molar-refractivity contribution in [3.8, 4) is 55.9 Å². The van der Waals surface area contributed by atoms with Crippen molar-refractivity contribution in [2.24, 2.45) is 0 Å². The number of aromatic nitrogens is 2. The van der Waals surface area contributed by atoms with Crippen LogP contribution in [0.1, 0.15) is 26.3 Å². The smallest absolute Gasteiger partial charge is 0.0541 e. The number of benzene rings is 9. The Hall–Kier alpha value is -7.42. The molecule has 2 heterocycles. The van der Waals surface area contributed by atoms with Gasteiger partial charge in [-0.3, -0.25) is 0 Å². The van der Waals surface area contributed by atoms with Gasteiger partial charge in [0.1, 0.15) is 0 Å². The molecule has 11 rings (SSSR count). The highest BCUT2D eigenvalue weighted by molar-refractivity contribution is 6.13. The first-order valence-electron chi connectivity index (χ1n) is 20.9. The molecule has 0 saturated carbocycles. The summed E-state index contributed by atoms with van der Waals surface area (Å²) in [5.74, 6) is 0. The molecule has 0 aliphatic heterocycles. The third-order valence-corrected chi connectivity index (χ3v) is 12.2. The van der Waals surface area contributed by atoms with Crippen molar-refractivity contribution in [2.75, 3.05) is 0 Å². The molecule has 2 aromatic heterocycles. The van der Waals surface area contributed by atoms with Crippen LogP contribution in [0.15, 0.2) is 212 Å². The molecule has 0 radical (unpaired) electrons. The second-order valence-corrected chi connectivity index (χ2v) is 17.0. The molecule has 60 heavy (non-hydrogen) atoms. The quantitative estimate of drug-likeness (QED) is 0.159. The van der Waals surface area contributed by atoms with Crippen LogP contribution in [0.2, 0.25) is 0 Å². The van der Waals surface area contributed by atoms with Gasteiger partial charge in [0.25, 0.3) is 0 Å². The lowest BCUT2D eigenvalue weighted by molar-refractivity contribution is 0.594. The maximum Gasteiger partial charge on any atom is 0.0541 e. The van der Waals surface area contributed by atoms with Crippen LogP contribution in [0.5, 0.6) is 0 Å². The van der Waals surface area contributed by atoms with E-state index in [0.29, 0.717) is 0 Å². The fourth-order valence-corrected chi connectivity index (χ4v) is 9.55. The summed E-state index contributed by atoms with van der Waals surface area (Å²) in [4.78, 5) is 0. The second-order valence-electron chi connectivity index (χ2n) is 17.0. The first kappa shape index (κ1) is 35.7. The summed E-state index contributed by atoms with van der Waals surface area (Å²) in [5, 5.41) is 5.00. The van der Waals surface area contributed by atoms with E-state index >= 15 is 0 Å². The van der Waals surface area contributed by atoms with Gasteiger partial charge in [-0.2, -0.15) is 0 Å². The van der Waals surface area contributed by atoms with E-state index in [1.165, 1.54) is 93.7 Å². The third kappa shape index (κ3) is 5.95. The minimum Gasteiger partial charge on any atom is -0.309 e. The van der Waals surface area contributed by atoms with E-state index < -0.39 is 0 Å². The van der Waals surface area contributed by atoms with Crippen molar-refractivity contribution in [2.45, 2.75) is 26.2 Å². The largest absolute Gasteiger partial charge is 0.309 e. The predicted molar refractivity (Wildman–Crippen MR) is 256 cm³/mol.